The summed E-state index contributed by atoms with van der Waals surface area (Å²) in [5.41, 5.74) is 0.610. The molecule has 2 rings (SSSR count). The molecule has 0 heterocycles. The van der Waals surface area contributed by atoms with Crippen molar-refractivity contribution in [2.75, 3.05) is 0 Å². The third-order valence-electron chi connectivity index (χ3n) is 3.25. The fraction of sp³-hybridized carbons (Fsp3) is 0.636. The maximum absolute atomic E-state index is 3.78. The lowest BCUT2D eigenvalue weighted by atomic mass is 9.83. The van der Waals surface area contributed by atoms with Crippen LogP contribution in [0.1, 0.15) is 32.1 Å². The van der Waals surface area contributed by atoms with E-state index in [0.717, 1.165) is 5.92 Å². The predicted molar refractivity (Wildman–Crippen MR) is 48.3 cm³/mol. The SMILES string of the molecule is C=CCCC12C=CC(CC1)C2. The molecule has 2 atom stereocenters. The second-order valence-corrected chi connectivity index (χ2v) is 4.05. The first kappa shape index (κ1) is 7.15. The zero-order valence-corrected chi connectivity index (χ0v) is 7.05. The molecule has 0 heteroatoms. The number of hydrogen-bond acceptors (Lipinski definition) is 0. The maximum atomic E-state index is 3.78. The topological polar surface area (TPSA) is 0 Å². The van der Waals surface area contributed by atoms with Crippen molar-refractivity contribution in [2.24, 2.45) is 11.3 Å². The van der Waals surface area contributed by atoms with E-state index in [1.165, 1.54) is 32.1 Å². The first-order valence-electron chi connectivity index (χ1n) is 4.65. The number of fused-ring (bicyclic) bond motifs is 2. The van der Waals surface area contributed by atoms with Gasteiger partial charge in [-0.05, 0) is 43.4 Å². The summed E-state index contributed by atoms with van der Waals surface area (Å²) in [6.07, 6.45) is 13.8. The quantitative estimate of drug-likeness (QED) is 0.539. The number of allylic oxidation sites excluding steroid dienone is 3. The molecule has 11 heavy (non-hydrogen) atoms. The maximum Gasteiger partial charge on any atom is -0.0109 e. The second-order valence-electron chi connectivity index (χ2n) is 4.05. The molecule has 2 aliphatic rings. The van der Waals surface area contributed by atoms with Crippen molar-refractivity contribution >= 4 is 0 Å². The summed E-state index contributed by atoms with van der Waals surface area (Å²) in [4.78, 5) is 0. The Morgan fingerprint density at radius 1 is 1.64 bits per heavy atom. The summed E-state index contributed by atoms with van der Waals surface area (Å²) in [6, 6.07) is 0. The van der Waals surface area contributed by atoms with E-state index < -0.39 is 0 Å². The standard InChI is InChI=1S/C11H16/c1-2-3-6-11-7-4-10(9-11)5-8-11/h2,4,7,10H,1,3,5-6,8-9H2. The summed E-state index contributed by atoms with van der Waals surface area (Å²) in [5.74, 6) is 0.930. The van der Waals surface area contributed by atoms with E-state index in [2.05, 4.69) is 18.7 Å². The number of rotatable bonds is 3. The van der Waals surface area contributed by atoms with Gasteiger partial charge in [0.1, 0.15) is 0 Å². The summed E-state index contributed by atoms with van der Waals surface area (Å²) in [6.45, 7) is 3.78. The van der Waals surface area contributed by atoms with E-state index in [0.29, 0.717) is 5.41 Å². The Kier molecular flexibility index (Phi) is 1.63. The number of hydrogen-bond donors (Lipinski definition) is 0. The van der Waals surface area contributed by atoms with Crippen LogP contribution in [0.15, 0.2) is 24.8 Å². The van der Waals surface area contributed by atoms with Gasteiger partial charge < -0.3 is 0 Å². The molecule has 2 bridgehead atoms. The third kappa shape index (κ3) is 1.15. The Balaban J connectivity index is 2.00. The molecule has 0 aromatic carbocycles. The highest BCUT2D eigenvalue weighted by molar-refractivity contribution is 5.15. The first-order chi connectivity index (χ1) is 5.35. The molecule has 60 valence electrons. The van der Waals surface area contributed by atoms with Crippen LogP contribution >= 0.6 is 0 Å². The molecule has 1 saturated carbocycles. The minimum absolute atomic E-state index is 0.610. The van der Waals surface area contributed by atoms with Crippen molar-refractivity contribution in [3.05, 3.63) is 24.8 Å². The average molecular weight is 148 g/mol. The predicted octanol–water partition coefficient (Wildman–Crippen LogP) is 3.31. The summed E-state index contributed by atoms with van der Waals surface area (Å²) >= 11 is 0. The summed E-state index contributed by atoms with van der Waals surface area (Å²) < 4.78 is 0. The van der Waals surface area contributed by atoms with Gasteiger partial charge in [-0.3, -0.25) is 0 Å². The zero-order valence-electron chi connectivity index (χ0n) is 7.05. The molecule has 2 unspecified atom stereocenters. The Morgan fingerprint density at radius 2 is 2.55 bits per heavy atom. The molecule has 1 fully saturated rings. The molecule has 0 spiro atoms. The molecular weight excluding hydrogens is 132 g/mol. The molecule has 0 saturated heterocycles. The van der Waals surface area contributed by atoms with Gasteiger partial charge in [-0.2, -0.15) is 0 Å². The van der Waals surface area contributed by atoms with Gasteiger partial charge in [0, 0.05) is 0 Å². The van der Waals surface area contributed by atoms with Crippen LogP contribution in [0.4, 0.5) is 0 Å². The van der Waals surface area contributed by atoms with Gasteiger partial charge in [-0.15, -0.1) is 6.58 Å². The van der Waals surface area contributed by atoms with E-state index in [1.807, 2.05) is 6.08 Å². The van der Waals surface area contributed by atoms with Crippen LogP contribution < -0.4 is 0 Å². The van der Waals surface area contributed by atoms with Gasteiger partial charge in [0.2, 0.25) is 0 Å². The summed E-state index contributed by atoms with van der Waals surface area (Å²) in [5, 5.41) is 0. The van der Waals surface area contributed by atoms with Crippen LogP contribution in [0.5, 0.6) is 0 Å². The van der Waals surface area contributed by atoms with Gasteiger partial charge in [0.15, 0.2) is 0 Å². The second kappa shape index (κ2) is 2.51. The minimum Gasteiger partial charge on any atom is -0.103 e. The van der Waals surface area contributed by atoms with Crippen LogP contribution in [-0.2, 0) is 0 Å². The fourth-order valence-electron chi connectivity index (χ4n) is 2.55. The van der Waals surface area contributed by atoms with Crippen LogP contribution in [-0.4, -0.2) is 0 Å². The molecule has 0 aromatic rings. The lowest BCUT2D eigenvalue weighted by molar-refractivity contribution is 0.373. The molecule has 2 aliphatic carbocycles. The van der Waals surface area contributed by atoms with Crippen LogP contribution in [0.2, 0.25) is 0 Å². The van der Waals surface area contributed by atoms with Crippen LogP contribution in [0.25, 0.3) is 0 Å². The monoisotopic (exact) mass is 148 g/mol. The van der Waals surface area contributed by atoms with E-state index in [4.69, 9.17) is 0 Å². The van der Waals surface area contributed by atoms with Crippen LogP contribution in [0, 0.1) is 11.3 Å². The lowest BCUT2D eigenvalue weighted by Gasteiger charge is -2.22. The molecular formula is C11H16. The van der Waals surface area contributed by atoms with Crippen molar-refractivity contribution in [3.8, 4) is 0 Å². The largest absolute Gasteiger partial charge is 0.103 e. The molecule has 0 N–H and O–H groups in total. The van der Waals surface area contributed by atoms with Crippen molar-refractivity contribution < 1.29 is 0 Å². The third-order valence-corrected chi connectivity index (χ3v) is 3.25. The van der Waals surface area contributed by atoms with E-state index >= 15 is 0 Å². The smallest absolute Gasteiger partial charge is 0.0109 e. The Labute approximate surface area is 69.0 Å². The highest BCUT2D eigenvalue weighted by atomic mass is 14.4. The molecule has 0 aliphatic heterocycles. The van der Waals surface area contributed by atoms with Gasteiger partial charge in [-0.25, -0.2) is 0 Å². The minimum atomic E-state index is 0.610. The van der Waals surface area contributed by atoms with E-state index in [9.17, 15) is 0 Å². The highest BCUT2D eigenvalue weighted by Gasteiger charge is 2.39. The van der Waals surface area contributed by atoms with Gasteiger partial charge in [-0.1, -0.05) is 18.2 Å². The molecule has 0 aromatic heterocycles. The highest BCUT2D eigenvalue weighted by Crippen LogP contribution is 2.51. The van der Waals surface area contributed by atoms with Gasteiger partial charge >= 0.3 is 0 Å². The fourth-order valence-corrected chi connectivity index (χ4v) is 2.55. The van der Waals surface area contributed by atoms with Crippen molar-refractivity contribution in [3.63, 3.8) is 0 Å². The van der Waals surface area contributed by atoms with Crippen molar-refractivity contribution in [2.45, 2.75) is 32.1 Å². The van der Waals surface area contributed by atoms with Crippen LogP contribution in [0.3, 0.4) is 0 Å². The Hall–Kier alpha value is -0.520. The van der Waals surface area contributed by atoms with E-state index in [-0.39, 0.29) is 0 Å². The molecule has 0 radical (unpaired) electrons. The Bertz CT molecular complexity index is 190. The van der Waals surface area contributed by atoms with Crippen molar-refractivity contribution in [1.82, 2.24) is 0 Å². The molecule has 0 amide bonds. The van der Waals surface area contributed by atoms with E-state index in [1.54, 1.807) is 0 Å². The zero-order chi connectivity index (χ0) is 7.73. The average Bonchev–Trinajstić information content (AvgIpc) is 2.60. The normalized spacial score (nSPS) is 39.8. The van der Waals surface area contributed by atoms with Gasteiger partial charge in [0.05, 0.1) is 0 Å². The van der Waals surface area contributed by atoms with Crippen molar-refractivity contribution in [1.29, 1.82) is 0 Å². The lowest BCUT2D eigenvalue weighted by Crippen LogP contribution is -2.10. The Morgan fingerprint density at radius 3 is 3.00 bits per heavy atom. The summed E-state index contributed by atoms with van der Waals surface area (Å²) in [7, 11) is 0. The first-order valence-corrected chi connectivity index (χ1v) is 4.65. The van der Waals surface area contributed by atoms with Gasteiger partial charge in [0.25, 0.3) is 0 Å². The molecule has 0 nitrogen and oxygen atoms in total.